The van der Waals surface area contributed by atoms with E-state index in [0.29, 0.717) is 18.5 Å². The molecule has 0 radical (unpaired) electrons. The lowest BCUT2D eigenvalue weighted by Crippen LogP contribution is -2.46. The summed E-state index contributed by atoms with van der Waals surface area (Å²) in [6.45, 7) is 7.74. The number of nitrogens with one attached hydrogen (secondary N) is 2. The van der Waals surface area contributed by atoms with Crippen molar-refractivity contribution in [2.75, 3.05) is 46.5 Å². The molecule has 1 atom stereocenters. The largest absolute Gasteiger partial charge is 0.481 e. The summed E-state index contributed by atoms with van der Waals surface area (Å²) in [6.07, 6.45) is 1.75. The molecule has 3 rings (SSSR count). The lowest BCUT2D eigenvalue weighted by atomic mass is 10.2. The molecule has 1 aliphatic heterocycles. The Morgan fingerprint density at radius 3 is 2.86 bits per heavy atom. The average Bonchev–Trinajstić information content (AvgIpc) is 3.27. The van der Waals surface area contributed by atoms with Gasteiger partial charge in [0.2, 0.25) is 5.88 Å². The summed E-state index contributed by atoms with van der Waals surface area (Å²) in [5.41, 5.74) is 1.06. The van der Waals surface area contributed by atoms with Crippen molar-refractivity contribution >= 4 is 41.3 Å². The molecule has 1 aliphatic rings. The molecule has 9 heteroatoms. The minimum atomic E-state index is 0. The zero-order valence-corrected chi connectivity index (χ0v) is 20.1. The van der Waals surface area contributed by atoms with Gasteiger partial charge in [-0.15, -0.1) is 35.3 Å². The number of ether oxygens (including phenoxy) is 2. The molecule has 2 aromatic rings. The van der Waals surface area contributed by atoms with Crippen LogP contribution in [0.2, 0.25) is 0 Å². The van der Waals surface area contributed by atoms with E-state index in [1.807, 2.05) is 12.1 Å². The van der Waals surface area contributed by atoms with Crippen molar-refractivity contribution in [2.45, 2.75) is 19.5 Å². The van der Waals surface area contributed by atoms with Crippen LogP contribution in [-0.4, -0.2) is 62.3 Å². The number of halogens is 1. The highest BCUT2D eigenvalue weighted by molar-refractivity contribution is 14.0. The first kappa shape index (κ1) is 23.8. The summed E-state index contributed by atoms with van der Waals surface area (Å²) in [4.78, 5) is 12.7. The number of methoxy groups -OCH3 is 1. The summed E-state index contributed by atoms with van der Waals surface area (Å²) in [6, 6.07) is 8.50. The molecule has 2 aromatic heterocycles. The fourth-order valence-corrected chi connectivity index (χ4v) is 4.01. The number of rotatable bonds is 8. The average molecular weight is 531 g/mol. The number of aromatic nitrogens is 1. The second kappa shape index (κ2) is 13.0. The molecule has 7 nitrogen and oxygen atoms in total. The maximum Gasteiger partial charge on any atom is 0.213 e. The van der Waals surface area contributed by atoms with E-state index in [4.69, 9.17) is 14.5 Å². The van der Waals surface area contributed by atoms with Crippen LogP contribution in [0.4, 0.5) is 0 Å². The first-order chi connectivity index (χ1) is 13.8. The number of hydrogen-bond donors (Lipinski definition) is 2. The van der Waals surface area contributed by atoms with E-state index in [1.165, 1.54) is 4.88 Å². The third kappa shape index (κ3) is 7.40. The van der Waals surface area contributed by atoms with Crippen LogP contribution in [0.25, 0.3) is 0 Å². The Morgan fingerprint density at radius 2 is 2.17 bits per heavy atom. The molecule has 0 aromatic carbocycles. The van der Waals surface area contributed by atoms with E-state index in [9.17, 15) is 0 Å². The van der Waals surface area contributed by atoms with Crippen molar-refractivity contribution in [3.8, 4) is 5.88 Å². The molecule has 0 aliphatic carbocycles. The second-order valence-corrected chi connectivity index (χ2v) is 7.44. The van der Waals surface area contributed by atoms with E-state index >= 15 is 0 Å². The van der Waals surface area contributed by atoms with Gasteiger partial charge in [-0.05, 0) is 30.0 Å². The molecule has 0 bridgehead atoms. The molecule has 0 spiro atoms. The van der Waals surface area contributed by atoms with Crippen molar-refractivity contribution in [1.82, 2.24) is 20.5 Å². The maximum absolute atomic E-state index is 5.53. The highest BCUT2D eigenvalue weighted by Gasteiger charge is 2.23. The monoisotopic (exact) mass is 531 g/mol. The van der Waals surface area contributed by atoms with E-state index in [1.54, 1.807) is 24.6 Å². The Hall–Kier alpha value is -1.43. The molecule has 29 heavy (non-hydrogen) atoms. The molecular formula is C20H30IN5O2S. The number of nitrogens with zero attached hydrogens (tertiary/aromatic N) is 3. The molecule has 0 saturated carbocycles. The molecule has 1 saturated heterocycles. The number of guanidine groups is 1. The van der Waals surface area contributed by atoms with Crippen molar-refractivity contribution in [1.29, 1.82) is 0 Å². The van der Waals surface area contributed by atoms with Gasteiger partial charge >= 0.3 is 0 Å². The van der Waals surface area contributed by atoms with Gasteiger partial charge in [-0.25, -0.2) is 9.98 Å². The molecule has 1 fully saturated rings. The molecule has 2 N–H and O–H groups in total. The smallest absolute Gasteiger partial charge is 0.213 e. The normalized spacial score (nSPS) is 16.0. The number of aliphatic imine (C=N–C) groups is 1. The Balaban J connectivity index is 0.00000300. The molecule has 3 heterocycles. The number of morpholine rings is 1. The van der Waals surface area contributed by atoms with Gasteiger partial charge in [0.1, 0.15) is 0 Å². The van der Waals surface area contributed by atoms with Crippen molar-refractivity contribution in [2.24, 2.45) is 4.99 Å². The van der Waals surface area contributed by atoms with E-state index in [2.05, 4.69) is 45.0 Å². The zero-order chi connectivity index (χ0) is 19.6. The zero-order valence-electron chi connectivity index (χ0n) is 17.0. The van der Waals surface area contributed by atoms with Crippen LogP contribution >= 0.6 is 35.3 Å². The van der Waals surface area contributed by atoms with Crippen molar-refractivity contribution in [3.05, 3.63) is 46.3 Å². The molecule has 160 valence electrons. The van der Waals surface area contributed by atoms with Crippen LogP contribution in [-0.2, 0) is 11.3 Å². The predicted molar refractivity (Wildman–Crippen MR) is 128 cm³/mol. The van der Waals surface area contributed by atoms with Gasteiger partial charge in [-0.1, -0.05) is 6.07 Å². The van der Waals surface area contributed by atoms with Crippen LogP contribution in [0.15, 0.2) is 40.8 Å². The van der Waals surface area contributed by atoms with Crippen LogP contribution in [0.1, 0.15) is 23.4 Å². The first-order valence-corrected chi connectivity index (χ1v) is 10.5. The fraction of sp³-hybridized carbons (Fsp3) is 0.500. The Kier molecular flexibility index (Phi) is 10.7. The van der Waals surface area contributed by atoms with E-state index < -0.39 is 0 Å². The highest BCUT2D eigenvalue weighted by Crippen LogP contribution is 2.25. The second-order valence-electron chi connectivity index (χ2n) is 6.46. The van der Waals surface area contributed by atoms with Gasteiger partial charge in [0.05, 0.1) is 32.9 Å². The topological polar surface area (TPSA) is 71.0 Å². The highest BCUT2D eigenvalue weighted by atomic mass is 127. The third-order valence-corrected chi connectivity index (χ3v) is 5.57. The SMILES string of the molecule is CCNC(=NCc1ccnc(OC)c1)NCC(c1cccs1)N1CCOCC1.I. The van der Waals surface area contributed by atoms with Crippen molar-refractivity contribution < 1.29 is 9.47 Å². The molecular weight excluding hydrogens is 501 g/mol. The van der Waals surface area contributed by atoms with Gasteiger partial charge in [0, 0.05) is 43.3 Å². The number of thiophene rings is 1. The van der Waals surface area contributed by atoms with Gasteiger partial charge in [-0.3, -0.25) is 4.90 Å². The van der Waals surface area contributed by atoms with Crippen LogP contribution < -0.4 is 15.4 Å². The molecule has 1 unspecified atom stereocenters. The summed E-state index contributed by atoms with van der Waals surface area (Å²) in [7, 11) is 1.62. The standard InChI is InChI=1S/C20H29N5O2S.HI/c1-3-21-20(23-14-16-6-7-22-19(13-16)26-2)24-15-17(18-5-4-12-28-18)25-8-10-27-11-9-25;/h4-7,12-13,17H,3,8-11,14-15H2,1-2H3,(H2,21,23,24);1H. The van der Waals surface area contributed by atoms with E-state index in [0.717, 1.165) is 50.9 Å². The lowest BCUT2D eigenvalue weighted by Gasteiger charge is -2.34. The van der Waals surface area contributed by atoms with Crippen molar-refractivity contribution in [3.63, 3.8) is 0 Å². The first-order valence-electron chi connectivity index (χ1n) is 9.66. The van der Waals surface area contributed by atoms with Crippen LogP contribution in [0, 0.1) is 0 Å². The van der Waals surface area contributed by atoms with Gasteiger partial charge in [-0.2, -0.15) is 0 Å². The number of pyridine rings is 1. The van der Waals surface area contributed by atoms with Crippen LogP contribution in [0.5, 0.6) is 5.88 Å². The number of hydrogen-bond acceptors (Lipinski definition) is 6. The van der Waals surface area contributed by atoms with Crippen LogP contribution in [0.3, 0.4) is 0 Å². The lowest BCUT2D eigenvalue weighted by molar-refractivity contribution is 0.0177. The maximum atomic E-state index is 5.53. The van der Waals surface area contributed by atoms with Gasteiger partial charge in [0.25, 0.3) is 0 Å². The Morgan fingerprint density at radius 1 is 1.34 bits per heavy atom. The van der Waals surface area contributed by atoms with E-state index in [-0.39, 0.29) is 24.0 Å². The summed E-state index contributed by atoms with van der Waals surface area (Å²) in [5, 5.41) is 9.00. The fourth-order valence-electron chi connectivity index (χ4n) is 3.15. The quantitative estimate of drug-likeness (QED) is 0.310. The molecule has 0 amide bonds. The van der Waals surface area contributed by atoms with Gasteiger partial charge in [0.15, 0.2) is 5.96 Å². The predicted octanol–water partition coefficient (Wildman–Crippen LogP) is 2.90. The minimum Gasteiger partial charge on any atom is -0.481 e. The Labute approximate surface area is 193 Å². The summed E-state index contributed by atoms with van der Waals surface area (Å²) in [5.74, 6) is 1.42. The third-order valence-electron chi connectivity index (χ3n) is 4.59. The Bertz CT molecular complexity index is 738. The summed E-state index contributed by atoms with van der Waals surface area (Å²) >= 11 is 1.80. The summed E-state index contributed by atoms with van der Waals surface area (Å²) < 4.78 is 10.7. The van der Waals surface area contributed by atoms with Gasteiger partial charge < -0.3 is 20.1 Å². The minimum absolute atomic E-state index is 0.